The summed E-state index contributed by atoms with van der Waals surface area (Å²) < 4.78 is 5.42. The number of benzene rings is 2. The normalized spacial score (nSPS) is 12.8. The standard InChI is InChI=1S/C25H22ClN3O5S/c26-23-20(10-5-11-27-23)28-22(30)14-35-13-21(24(31)32)29-25(33)34-12-19-17-8-3-1-6-15(17)16-7-2-4-9-18(16)19/h1-11,19,21H,12-14H2,(H,28,30)(H,29,33)(H,31,32). The number of carboxylic acid groups (broad SMARTS) is 1. The average Bonchev–Trinajstić information content (AvgIpc) is 3.17. The van der Waals surface area contributed by atoms with Gasteiger partial charge >= 0.3 is 12.1 Å². The Balaban J connectivity index is 1.28. The highest BCUT2D eigenvalue weighted by atomic mass is 35.5. The minimum atomic E-state index is -1.22. The third-order valence-corrected chi connectivity index (χ3v) is 6.82. The second-order valence-corrected chi connectivity index (χ2v) is 9.15. The summed E-state index contributed by atoms with van der Waals surface area (Å²) >= 11 is 6.98. The van der Waals surface area contributed by atoms with Crippen LogP contribution >= 0.6 is 23.4 Å². The quantitative estimate of drug-likeness (QED) is 0.364. The zero-order chi connectivity index (χ0) is 24.8. The second kappa shape index (κ2) is 11.2. The number of carbonyl (C=O) groups excluding carboxylic acids is 2. The third kappa shape index (κ3) is 5.93. The van der Waals surface area contributed by atoms with Gasteiger partial charge in [0.2, 0.25) is 5.91 Å². The van der Waals surface area contributed by atoms with Crippen molar-refractivity contribution >= 4 is 47.0 Å². The van der Waals surface area contributed by atoms with Crippen LogP contribution in [-0.2, 0) is 14.3 Å². The maximum absolute atomic E-state index is 12.4. The van der Waals surface area contributed by atoms with E-state index in [0.29, 0.717) is 5.69 Å². The van der Waals surface area contributed by atoms with Gasteiger partial charge in [-0.05, 0) is 34.4 Å². The lowest BCUT2D eigenvalue weighted by Gasteiger charge is -2.17. The third-order valence-electron chi connectivity index (χ3n) is 5.48. The van der Waals surface area contributed by atoms with Crippen molar-refractivity contribution in [2.75, 3.05) is 23.4 Å². The molecule has 2 aromatic carbocycles. The summed E-state index contributed by atoms with van der Waals surface area (Å²) in [6.07, 6.45) is 0.672. The van der Waals surface area contributed by atoms with E-state index in [1.54, 1.807) is 12.1 Å². The van der Waals surface area contributed by atoms with E-state index in [2.05, 4.69) is 15.6 Å². The summed E-state index contributed by atoms with van der Waals surface area (Å²) in [5.74, 6) is -1.76. The Bertz CT molecular complexity index is 1210. The van der Waals surface area contributed by atoms with E-state index in [1.165, 1.54) is 6.20 Å². The topological polar surface area (TPSA) is 118 Å². The highest BCUT2D eigenvalue weighted by molar-refractivity contribution is 8.00. The number of carboxylic acids is 1. The molecule has 0 radical (unpaired) electrons. The number of alkyl carbamates (subject to hydrolysis) is 1. The van der Waals surface area contributed by atoms with Crippen molar-refractivity contribution in [3.05, 3.63) is 83.1 Å². The van der Waals surface area contributed by atoms with Crippen LogP contribution in [0, 0.1) is 0 Å². The molecule has 180 valence electrons. The number of rotatable bonds is 9. The van der Waals surface area contributed by atoms with E-state index >= 15 is 0 Å². The first-order chi connectivity index (χ1) is 16.9. The lowest BCUT2D eigenvalue weighted by Crippen LogP contribution is -2.43. The van der Waals surface area contributed by atoms with Crippen LogP contribution < -0.4 is 10.6 Å². The first kappa shape index (κ1) is 24.6. The number of anilines is 1. The SMILES string of the molecule is O=C(CSCC(NC(=O)OCC1c2ccccc2-c2ccccc21)C(=O)O)Nc1cccnc1Cl. The molecule has 2 amide bonds. The number of fused-ring (bicyclic) bond motifs is 3. The molecule has 10 heteroatoms. The second-order valence-electron chi connectivity index (χ2n) is 7.77. The number of hydrogen-bond donors (Lipinski definition) is 3. The molecule has 1 aromatic heterocycles. The molecular weight excluding hydrogens is 490 g/mol. The number of carbonyl (C=O) groups is 3. The van der Waals surface area contributed by atoms with E-state index in [-0.39, 0.29) is 35.1 Å². The van der Waals surface area contributed by atoms with Crippen molar-refractivity contribution in [2.45, 2.75) is 12.0 Å². The number of ether oxygens (including phenoxy) is 1. The molecule has 4 rings (SSSR count). The summed E-state index contributed by atoms with van der Waals surface area (Å²) in [6.45, 7) is 0.0770. The van der Waals surface area contributed by atoms with E-state index in [1.807, 2.05) is 48.5 Å². The zero-order valence-corrected chi connectivity index (χ0v) is 20.0. The fraction of sp³-hybridized carbons (Fsp3) is 0.200. The minimum Gasteiger partial charge on any atom is -0.480 e. The number of amides is 2. The van der Waals surface area contributed by atoms with Crippen LogP contribution in [0.4, 0.5) is 10.5 Å². The van der Waals surface area contributed by atoms with Gasteiger partial charge in [0.1, 0.15) is 12.6 Å². The summed E-state index contributed by atoms with van der Waals surface area (Å²) in [4.78, 5) is 40.0. The fourth-order valence-corrected chi connectivity index (χ4v) is 4.90. The molecule has 0 bridgehead atoms. The molecule has 35 heavy (non-hydrogen) atoms. The lowest BCUT2D eigenvalue weighted by molar-refractivity contribution is -0.138. The molecule has 3 aromatic rings. The van der Waals surface area contributed by atoms with Crippen LogP contribution in [0.15, 0.2) is 66.9 Å². The van der Waals surface area contributed by atoms with E-state index in [0.717, 1.165) is 34.0 Å². The Hall–Kier alpha value is -3.56. The Morgan fingerprint density at radius 1 is 1.03 bits per heavy atom. The van der Waals surface area contributed by atoms with Gasteiger partial charge in [-0.25, -0.2) is 14.6 Å². The molecule has 1 heterocycles. The number of nitrogens with one attached hydrogen (secondary N) is 2. The van der Waals surface area contributed by atoms with Crippen molar-refractivity contribution in [1.82, 2.24) is 10.3 Å². The number of halogens is 1. The summed E-state index contributed by atoms with van der Waals surface area (Å²) in [5.41, 5.74) is 4.69. The zero-order valence-electron chi connectivity index (χ0n) is 18.4. The minimum absolute atomic E-state index is 0.0201. The van der Waals surface area contributed by atoms with Crippen molar-refractivity contribution < 1.29 is 24.2 Å². The van der Waals surface area contributed by atoms with Crippen LogP contribution in [0.1, 0.15) is 17.0 Å². The van der Waals surface area contributed by atoms with Gasteiger partial charge in [-0.3, -0.25) is 4.79 Å². The van der Waals surface area contributed by atoms with Crippen molar-refractivity contribution in [3.63, 3.8) is 0 Å². The molecule has 3 N–H and O–H groups in total. The van der Waals surface area contributed by atoms with E-state index in [9.17, 15) is 19.5 Å². The number of hydrogen-bond acceptors (Lipinski definition) is 6. The molecule has 0 spiro atoms. The maximum atomic E-state index is 12.4. The van der Waals surface area contributed by atoms with Gasteiger partial charge in [-0.15, -0.1) is 11.8 Å². The summed E-state index contributed by atoms with van der Waals surface area (Å²) in [6, 6.07) is 17.9. The Labute approximate surface area is 211 Å². The van der Waals surface area contributed by atoms with Gasteiger partial charge in [-0.2, -0.15) is 0 Å². The van der Waals surface area contributed by atoms with Gasteiger partial charge in [0, 0.05) is 17.9 Å². The Morgan fingerprint density at radius 3 is 2.31 bits per heavy atom. The molecule has 1 atom stereocenters. The predicted octanol–water partition coefficient (Wildman–Crippen LogP) is 4.40. The smallest absolute Gasteiger partial charge is 0.407 e. The maximum Gasteiger partial charge on any atom is 0.407 e. The molecule has 8 nitrogen and oxygen atoms in total. The summed E-state index contributed by atoms with van der Waals surface area (Å²) in [7, 11) is 0. The molecule has 1 aliphatic carbocycles. The van der Waals surface area contributed by atoms with Crippen molar-refractivity contribution in [3.8, 4) is 11.1 Å². The highest BCUT2D eigenvalue weighted by Crippen LogP contribution is 2.44. The largest absolute Gasteiger partial charge is 0.480 e. The van der Waals surface area contributed by atoms with Gasteiger partial charge in [0.05, 0.1) is 11.4 Å². The molecule has 0 aliphatic heterocycles. The van der Waals surface area contributed by atoms with Crippen molar-refractivity contribution in [2.24, 2.45) is 0 Å². The molecule has 1 unspecified atom stereocenters. The number of aliphatic carboxylic acids is 1. The Morgan fingerprint density at radius 2 is 1.69 bits per heavy atom. The average molecular weight is 512 g/mol. The Kier molecular flexibility index (Phi) is 7.89. The van der Waals surface area contributed by atoms with Crippen LogP contribution in [0.5, 0.6) is 0 Å². The van der Waals surface area contributed by atoms with Crippen LogP contribution in [-0.4, -0.2) is 52.2 Å². The van der Waals surface area contributed by atoms with Crippen LogP contribution in [0.25, 0.3) is 11.1 Å². The molecule has 0 fully saturated rings. The van der Waals surface area contributed by atoms with Crippen LogP contribution in [0.3, 0.4) is 0 Å². The number of pyridine rings is 1. The van der Waals surface area contributed by atoms with Crippen molar-refractivity contribution in [1.29, 1.82) is 0 Å². The van der Waals surface area contributed by atoms with Gasteiger partial charge in [-0.1, -0.05) is 60.1 Å². The summed E-state index contributed by atoms with van der Waals surface area (Å²) in [5, 5.41) is 14.6. The first-order valence-electron chi connectivity index (χ1n) is 10.8. The number of aromatic nitrogens is 1. The van der Waals surface area contributed by atoms with E-state index in [4.69, 9.17) is 16.3 Å². The number of thioether (sulfide) groups is 1. The highest BCUT2D eigenvalue weighted by Gasteiger charge is 2.29. The first-order valence-corrected chi connectivity index (χ1v) is 12.3. The molecular formula is C25H22ClN3O5S. The molecule has 0 saturated heterocycles. The fourth-order valence-electron chi connectivity index (χ4n) is 3.89. The van der Waals surface area contributed by atoms with Gasteiger partial charge in [0.15, 0.2) is 5.15 Å². The number of nitrogens with zero attached hydrogens (tertiary/aromatic N) is 1. The molecule has 1 aliphatic rings. The van der Waals surface area contributed by atoms with Crippen LogP contribution in [0.2, 0.25) is 5.15 Å². The van der Waals surface area contributed by atoms with Gasteiger partial charge < -0.3 is 20.5 Å². The van der Waals surface area contributed by atoms with Gasteiger partial charge in [0.25, 0.3) is 0 Å². The lowest BCUT2D eigenvalue weighted by atomic mass is 9.98. The monoisotopic (exact) mass is 511 g/mol. The predicted molar refractivity (Wildman–Crippen MR) is 135 cm³/mol. The molecule has 0 saturated carbocycles. The van der Waals surface area contributed by atoms with E-state index < -0.39 is 18.1 Å².